The Kier molecular flexibility index (Phi) is 8.08. The highest BCUT2D eigenvalue weighted by Gasteiger charge is 2.08. The Labute approximate surface area is 154 Å². The van der Waals surface area contributed by atoms with Gasteiger partial charge in [0.2, 0.25) is 0 Å². The van der Waals surface area contributed by atoms with Gasteiger partial charge in [0.05, 0.1) is 6.54 Å². The Morgan fingerprint density at radius 1 is 1.26 bits per heavy atom. The molecule has 0 aliphatic carbocycles. The van der Waals surface area contributed by atoms with Gasteiger partial charge in [-0.05, 0) is 30.2 Å². The van der Waals surface area contributed by atoms with Crippen LogP contribution < -0.4 is 5.32 Å². The lowest BCUT2D eigenvalue weighted by molar-refractivity contribution is 0.462. The standard InChI is InChI=1S/C17H23FN4.HI/c1-19-17(22(3)13-15-8-6-12-21(15)2)20-11-10-14-7-4-5-9-16(14)18;/h4-9,12H,10-11,13H2,1-3H3,(H,19,20);1H. The maximum Gasteiger partial charge on any atom is 0.193 e. The molecule has 0 saturated carbocycles. The summed E-state index contributed by atoms with van der Waals surface area (Å²) >= 11 is 0. The minimum Gasteiger partial charge on any atom is -0.356 e. The van der Waals surface area contributed by atoms with Crippen LogP contribution in [-0.4, -0.2) is 36.1 Å². The Balaban J connectivity index is 0.00000264. The van der Waals surface area contributed by atoms with Gasteiger partial charge in [-0.1, -0.05) is 18.2 Å². The molecule has 0 bridgehead atoms. The Morgan fingerprint density at radius 3 is 2.61 bits per heavy atom. The van der Waals surface area contributed by atoms with Crippen LogP contribution in [0.3, 0.4) is 0 Å². The number of nitrogens with one attached hydrogen (secondary N) is 1. The van der Waals surface area contributed by atoms with Crippen LogP contribution in [0.4, 0.5) is 4.39 Å². The zero-order valence-corrected chi connectivity index (χ0v) is 16.1. The summed E-state index contributed by atoms with van der Waals surface area (Å²) in [7, 11) is 5.77. The second-order valence-electron chi connectivity index (χ2n) is 5.28. The van der Waals surface area contributed by atoms with Crippen molar-refractivity contribution in [1.82, 2.24) is 14.8 Å². The number of benzene rings is 1. The molecule has 0 atom stereocenters. The lowest BCUT2D eigenvalue weighted by atomic mass is 10.1. The van der Waals surface area contributed by atoms with E-state index in [0.717, 1.165) is 18.1 Å². The number of halogens is 2. The first-order valence-electron chi connectivity index (χ1n) is 7.37. The molecule has 0 saturated heterocycles. The van der Waals surface area contributed by atoms with E-state index in [1.165, 1.54) is 11.8 Å². The van der Waals surface area contributed by atoms with Crippen molar-refractivity contribution >= 4 is 29.9 Å². The molecule has 1 aromatic heterocycles. The number of aromatic nitrogens is 1. The predicted octanol–water partition coefficient (Wildman–Crippen LogP) is 3.03. The Hall–Kier alpha value is -1.57. The van der Waals surface area contributed by atoms with E-state index in [4.69, 9.17) is 0 Å². The summed E-state index contributed by atoms with van der Waals surface area (Å²) in [6, 6.07) is 11.0. The summed E-state index contributed by atoms with van der Waals surface area (Å²) in [4.78, 5) is 6.33. The molecule has 0 spiro atoms. The molecule has 4 nitrogen and oxygen atoms in total. The molecule has 1 aromatic carbocycles. The molecule has 2 aromatic rings. The van der Waals surface area contributed by atoms with Crippen molar-refractivity contribution in [2.24, 2.45) is 12.0 Å². The van der Waals surface area contributed by atoms with Crippen molar-refractivity contribution in [2.45, 2.75) is 13.0 Å². The highest BCUT2D eigenvalue weighted by Crippen LogP contribution is 2.07. The van der Waals surface area contributed by atoms with Crippen LogP contribution in [0.5, 0.6) is 0 Å². The van der Waals surface area contributed by atoms with Crippen molar-refractivity contribution in [2.75, 3.05) is 20.6 Å². The minimum absolute atomic E-state index is 0. The molecule has 1 heterocycles. The van der Waals surface area contributed by atoms with Gasteiger partial charge in [0.25, 0.3) is 0 Å². The van der Waals surface area contributed by atoms with Crippen LogP contribution >= 0.6 is 24.0 Å². The van der Waals surface area contributed by atoms with E-state index >= 15 is 0 Å². The van der Waals surface area contributed by atoms with Gasteiger partial charge in [-0.15, -0.1) is 24.0 Å². The zero-order valence-electron chi connectivity index (χ0n) is 13.8. The smallest absolute Gasteiger partial charge is 0.193 e. The van der Waals surface area contributed by atoms with Crippen molar-refractivity contribution in [3.05, 3.63) is 59.7 Å². The summed E-state index contributed by atoms with van der Waals surface area (Å²) < 4.78 is 15.7. The molecule has 0 fully saturated rings. The maximum absolute atomic E-state index is 13.6. The average Bonchev–Trinajstić information content (AvgIpc) is 2.90. The molecule has 0 aliphatic rings. The van der Waals surface area contributed by atoms with Crippen LogP contribution in [-0.2, 0) is 20.0 Å². The van der Waals surface area contributed by atoms with Gasteiger partial charge in [0.15, 0.2) is 5.96 Å². The number of aliphatic imine (C=N–C) groups is 1. The quantitative estimate of drug-likeness (QED) is 0.450. The monoisotopic (exact) mass is 430 g/mol. The van der Waals surface area contributed by atoms with E-state index in [2.05, 4.69) is 25.8 Å². The largest absolute Gasteiger partial charge is 0.356 e. The molecule has 6 heteroatoms. The van der Waals surface area contributed by atoms with Gasteiger partial charge in [0, 0.05) is 39.6 Å². The van der Waals surface area contributed by atoms with Gasteiger partial charge in [-0.3, -0.25) is 4.99 Å². The van der Waals surface area contributed by atoms with Crippen LogP contribution in [0.25, 0.3) is 0 Å². The molecule has 0 unspecified atom stereocenters. The first-order valence-corrected chi connectivity index (χ1v) is 7.37. The Bertz CT molecular complexity index is 639. The summed E-state index contributed by atoms with van der Waals surface area (Å²) in [5.41, 5.74) is 1.93. The van der Waals surface area contributed by atoms with Crippen molar-refractivity contribution in [3.8, 4) is 0 Å². The van der Waals surface area contributed by atoms with Crippen molar-refractivity contribution < 1.29 is 4.39 Å². The fraction of sp³-hybridized carbons (Fsp3) is 0.353. The van der Waals surface area contributed by atoms with Crippen LogP contribution in [0, 0.1) is 5.82 Å². The number of rotatable bonds is 5. The van der Waals surface area contributed by atoms with E-state index in [1.807, 2.05) is 38.5 Å². The first-order chi connectivity index (χ1) is 10.6. The number of guanidine groups is 1. The fourth-order valence-corrected chi connectivity index (χ4v) is 2.37. The van der Waals surface area contributed by atoms with Gasteiger partial charge in [-0.25, -0.2) is 4.39 Å². The SMILES string of the molecule is CN=C(NCCc1ccccc1F)N(C)Cc1cccn1C.I. The number of hydrogen-bond donors (Lipinski definition) is 1. The lowest BCUT2D eigenvalue weighted by Crippen LogP contribution is -2.39. The van der Waals surface area contributed by atoms with Gasteiger partial charge in [-0.2, -0.15) is 0 Å². The highest BCUT2D eigenvalue weighted by molar-refractivity contribution is 14.0. The number of aryl methyl sites for hydroxylation is 1. The molecule has 0 radical (unpaired) electrons. The van der Waals surface area contributed by atoms with E-state index in [0.29, 0.717) is 13.0 Å². The normalized spacial score (nSPS) is 11.0. The molecule has 1 N–H and O–H groups in total. The number of nitrogens with zero attached hydrogens (tertiary/aromatic N) is 3. The zero-order chi connectivity index (χ0) is 15.9. The third-order valence-corrected chi connectivity index (χ3v) is 3.66. The average molecular weight is 430 g/mol. The second-order valence-corrected chi connectivity index (χ2v) is 5.28. The van der Waals surface area contributed by atoms with E-state index in [1.54, 1.807) is 13.1 Å². The van der Waals surface area contributed by atoms with Crippen LogP contribution in [0.15, 0.2) is 47.6 Å². The topological polar surface area (TPSA) is 32.6 Å². The molecule has 0 amide bonds. The lowest BCUT2D eigenvalue weighted by Gasteiger charge is -2.22. The minimum atomic E-state index is -0.156. The van der Waals surface area contributed by atoms with E-state index in [9.17, 15) is 4.39 Å². The summed E-state index contributed by atoms with van der Waals surface area (Å²) in [6.07, 6.45) is 2.65. The third kappa shape index (κ3) is 5.53. The van der Waals surface area contributed by atoms with Crippen LogP contribution in [0.2, 0.25) is 0 Å². The van der Waals surface area contributed by atoms with Crippen molar-refractivity contribution in [1.29, 1.82) is 0 Å². The van der Waals surface area contributed by atoms with Crippen molar-refractivity contribution in [3.63, 3.8) is 0 Å². The summed E-state index contributed by atoms with van der Waals surface area (Å²) in [6.45, 7) is 1.41. The summed E-state index contributed by atoms with van der Waals surface area (Å²) in [5.74, 6) is 0.647. The predicted molar refractivity (Wildman–Crippen MR) is 104 cm³/mol. The van der Waals surface area contributed by atoms with Crippen LogP contribution in [0.1, 0.15) is 11.3 Å². The molecule has 126 valence electrons. The van der Waals surface area contributed by atoms with Gasteiger partial charge >= 0.3 is 0 Å². The van der Waals surface area contributed by atoms with E-state index < -0.39 is 0 Å². The molecular weight excluding hydrogens is 406 g/mol. The molecule has 0 aliphatic heterocycles. The van der Waals surface area contributed by atoms with Gasteiger partial charge in [0.1, 0.15) is 5.82 Å². The summed E-state index contributed by atoms with van der Waals surface area (Å²) in [5, 5.41) is 3.28. The fourth-order valence-electron chi connectivity index (χ4n) is 2.37. The Morgan fingerprint density at radius 2 is 2.00 bits per heavy atom. The first kappa shape index (κ1) is 19.5. The maximum atomic E-state index is 13.6. The third-order valence-electron chi connectivity index (χ3n) is 3.66. The second kappa shape index (κ2) is 9.54. The number of hydrogen-bond acceptors (Lipinski definition) is 1. The molecule has 23 heavy (non-hydrogen) atoms. The molecule has 2 rings (SSSR count). The molecular formula is C17H24FIN4. The van der Waals surface area contributed by atoms with Gasteiger partial charge < -0.3 is 14.8 Å². The highest BCUT2D eigenvalue weighted by atomic mass is 127. The van der Waals surface area contributed by atoms with E-state index in [-0.39, 0.29) is 29.8 Å².